The molecule has 5 aromatic rings. The van der Waals surface area contributed by atoms with Crippen molar-refractivity contribution in [3.63, 3.8) is 0 Å². The van der Waals surface area contributed by atoms with E-state index >= 15 is 0 Å². The fourth-order valence-corrected chi connectivity index (χ4v) is 6.65. The first-order valence-corrected chi connectivity index (χ1v) is 17.5. The van der Waals surface area contributed by atoms with Gasteiger partial charge in [0, 0.05) is 32.7 Å². The maximum absolute atomic E-state index is 13.7. The van der Waals surface area contributed by atoms with Crippen molar-refractivity contribution in [2.45, 2.75) is 11.8 Å². The lowest BCUT2D eigenvalue weighted by Crippen LogP contribution is -2.30. The molecule has 0 saturated heterocycles. The topological polar surface area (TPSA) is 132 Å². The average Bonchev–Trinajstić information content (AvgIpc) is 3.57. The SMILES string of the molecule is COC(=O)c1c(-c2ccc(C)cc2)csc1NC(=O)CSc1cccc(NC(=O)/C(=C\c2cc(OC)ccc2OC)NC(=O)c2ccccc2)c1. The zero-order chi connectivity index (χ0) is 36.3. The molecule has 51 heavy (non-hydrogen) atoms. The van der Waals surface area contributed by atoms with Gasteiger partial charge in [0.2, 0.25) is 5.91 Å². The number of amides is 3. The number of carbonyl (C=O) groups excluding carboxylic acids is 4. The van der Waals surface area contributed by atoms with Crippen molar-refractivity contribution in [2.24, 2.45) is 0 Å². The minimum atomic E-state index is -0.582. The summed E-state index contributed by atoms with van der Waals surface area (Å²) >= 11 is 2.50. The number of thiophene rings is 1. The number of thioether (sulfide) groups is 1. The summed E-state index contributed by atoms with van der Waals surface area (Å²) in [5.41, 5.74) is 4.19. The monoisotopic (exact) mass is 721 g/mol. The van der Waals surface area contributed by atoms with Gasteiger partial charge in [-0.3, -0.25) is 14.4 Å². The third-order valence-corrected chi connectivity index (χ3v) is 9.41. The van der Waals surface area contributed by atoms with Gasteiger partial charge in [0.25, 0.3) is 11.8 Å². The smallest absolute Gasteiger partial charge is 0.341 e. The molecule has 3 amide bonds. The van der Waals surface area contributed by atoms with Crippen LogP contribution in [0.25, 0.3) is 17.2 Å². The quantitative estimate of drug-likeness (QED) is 0.0642. The minimum absolute atomic E-state index is 0.0314. The highest BCUT2D eigenvalue weighted by molar-refractivity contribution is 8.00. The van der Waals surface area contributed by atoms with Crippen LogP contribution in [0, 0.1) is 6.92 Å². The predicted molar refractivity (Wildman–Crippen MR) is 202 cm³/mol. The van der Waals surface area contributed by atoms with Crippen LogP contribution in [0.2, 0.25) is 0 Å². The Bertz CT molecular complexity index is 2080. The lowest BCUT2D eigenvalue weighted by Gasteiger charge is -2.14. The molecule has 4 aromatic carbocycles. The second kappa shape index (κ2) is 17.2. The van der Waals surface area contributed by atoms with Crippen LogP contribution in [0.3, 0.4) is 0 Å². The van der Waals surface area contributed by atoms with Crippen LogP contribution in [0.1, 0.15) is 31.8 Å². The summed E-state index contributed by atoms with van der Waals surface area (Å²) in [6.07, 6.45) is 1.51. The normalized spacial score (nSPS) is 10.9. The number of carbonyl (C=O) groups is 4. The number of hydrogen-bond donors (Lipinski definition) is 3. The maximum Gasteiger partial charge on any atom is 0.341 e. The third-order valence-electron chi connectivity index (χ3n) is 7.52. The number of aryl methyl sites for hydroxylation is 1. The standard InChI is InChI=1S/C39H35N3O7S2/c1-24-13-15-25(16-14-24)31-22-51-38(35(31)39(46)49-4)42-34(43)23-50-30-12-8-11-28(21-30)40-37(45)32(41-36(44)26-9-6-5-7-10-26)20-27-19-29(47-2)17-18-33(27)48-3/h5-22H,23H2,1-4H3,(H,40,45)(H,41,44)(H,42,43)/b32-20+. The Morgan fingerprint density at radius 3 is 2.29 bits per heavy atom. The molecule has 1 aromatic heterocycles. The molecule has 3 N–H and O–H groups in total. The lowest BCUT2D eigenvalue weighted by molar-refractivity contribution is -0.114. The highest BCUT2D eigenvalue weighted by Crippen LogP contribution is 2.36. The fourth-order valence-electron chi connectivity index (χ4n) is 4.92. The van der Waals surface area contributed by atoms with E-state index in [1.165, 1.54) is 50.5 Å². The Morgan fingerprint density at radius 1 is 0.824 bits per heavy atom. The van der Waals surface area contributed by atoms with Crippen LogP contribution in [-0.4, -0.2) is 50.8 Å². The molecule has 260 valence electrons. The van der Waals surface area contributed by atoms with Gasteiger partial charge in [-0.1, -0.05) is 54.1 Å². The van der Waals surface area contributed by atoms with Crippen molar-refractivity contribution in [3.8, 4) is 22.6 Å². The molecule has 0 fully saturated rings. The van der Waals surface area contributed by atoms with Gasteiger partial charge in [-0.25, -0.2) is 4.79 Å². The van der Waals surface area contributed by atoms with Gasteiger partial charge in [0.15, 0.2) is 0 Å². The van der Waals surface area contributed by atoms with Crippen LogP contribution in [0.15, 0.2) is 113 Å². The summed E-state index contributed by atoms with van der Waals surface area (Å²) in [5.74, 6) is -0.877. The number of methoxy groups -OCH3 is 3. The van der Waals surface area contributed by atoms with Gasteiger partial charge in [-0.2, -0.15) is 0 Å². The Balaban J connectivity index is 1.30. The Hall–Kier alpha value is -5.85. The summed E-state index contributed by atoms with van der Waals surface area (Å²) in [6.45, 7) is 1.98. The number of ether oxygens (including phenoxy) is 3. The second-order valence-corrected chi connectivity index (χ2v) is 12.9. The zero-order valence-electron chi connectivity index (χ0n) is 28.3. The van der Waals surface area contributed by atoms with E-state index in [9.17, 15) is 19.2 Å². The number of anilines is 2. The highest BCUT2D eigenvalue weighted by Gasteiger charge is 2.23. The second-order valence-electron chi connectivity index (χ2n) is 11.0. The molecule has 0 bridgehead atoms. The molecule has 0 spiro atoms. The van der Waals surface area contributed by atoms with E-state index in [4.69, 9.17) is 14.2 Å². The van der Waals surface area contributed by atoms with Crippen molar-refractivity contribution >= 4 is 63.6 Å². The summed E-state index contributed by atoms with van der Waals surface area (Å²) in [6, 6.07) is 28.4. The number of hydrogen-bond acceptors (Lipinski definition) is 9. The van der Waals surface area contributed by atoms with Crippen molar-refractivity contribution in [1.82, 2.24) is 5.32 Å². The van der Waals surface area contributed by atoms with Crippen molar-refractivity contribution in [3.05, 3.63) is 130 Å². The van der Waals surface area contributed by atoms with Gasteiger partial charge in [0.1, 0.15) is 27.8 Å². The van der Waals surface area contributed by atoms with E-state index in [0.717, 1.165) is 11.1 Å². The van der Waals surface area contributed by atoms with Crippen molar-refractivity contribution in [2.75, 3.05) is 37.7 Å². The Labute approximate surface area is 303 Å². The van der Waals surface area contributed by atoms with Gasteiger partial charge in [0.05, 0.1) is 27.1 Å². The molecule has 0 aliphatic carbocycles. The van der Waals surface area contributed by atoms with Crippen molar-refractivity contribution in [1.29, 1.82) is 0 Å². The number of nitrogens with one attached hydrogen (secondary N) is 3. The zero-order valence-corrected chi connectivity index (χ0v) is 29.9. The molecular formula is C39H35N3O7S2. The average molecular weight is 722 g/mol. The largest absolute Gasteiger partial charge is 0.497 e. The molecule has 5 rings (SSSR count). The van der Waals surface area contributed by atoms with Crippen LogP contribution in [-0.2, 0) is 14.3 Å². The van der Waals surface area contributed by atoms with Gasteiger partial charge in [-0.15, -0.1) is 23.1 Å². The minimum Gasteiger partial charge on any atom is -0.497 e. The summed E-state index contributed by atoms with van der Waals surface area (Å²) in [7, 11) is 4.34. The van der Waals surface area contributed by atoms with Crippen LogP contribution < -0.4 is 25.4 Å². The maximum atomic E-state index is 13.7. The van der Waals surface area contributed by atoms with E-state index < -0.39 is 17.8 Å². The van der Waals surface area contributed by atoms with Crippen LogP contribution >= 0.6 is 23.1 Å². The number of esters is 1. The first-order valence-electron chi connectivity index (χ1n) is 15.6. The molecule has 10 nitrogen and oxygen atoms in total. The number of benzene rings is 4. The van der Waals surface area contributed by atoms with E-state index in [0.29, 0.717) is 49.3 Å². The lowest BCUT2D eigenvalue weighted by atomic mass is 10.0. The third kappa shape index (κ3) is 9.44. The molecule has 0 aliphatic heterocycles. The fraction of sp³-hybridized carbons (Fsp3) is 0.128. The van der Waals surface area contributed by atoms with Gasteiger partial charge >= 0.3 is 5.97 Å². The van der Waals surface area contributed by atoms with Crippen molar-refractivity contribution < 1.29 is 33.4 Å². The van der Waals surface area contributed by atoms with E-state index in [1.807, 2.05) is 42.6 Å². The molecular weight excluding hydrogens is 687 g/mol. The summed E-state index contributed by atoms with van der Waals surface area (Å²) < 4.78 is 15.9. The summed E-state index contributed by atoms with van der Waals surface area (Å²) in [5, 5.41) is 10.6. The van der Waals surface area contributed by atoms with Gasteiger partial charge < -0.3 is 30.2 Å². The molecule has 0 saturated carbocycles. The number of rotatable bonds is 13. The molecule has 1 heterocycles. The van der Waals surface area contributed by atoms with E-state index in [2.05, 4.69) is 16.0 Å². The first kappa shape index (κ1) is 36.4. The first-order chi connectivity index (χ1) is 24.7. The van der Waals surface area contributed by atoms with E-state index in [1.54, 1.807) is 66.7 Å². The Kier molecular flexibility index (Phi) is 12.3. The van der Waals surface area contributed by atoms with Gasteiger partial charge in [-0.05, 0) is 67.1 Å². The van der Waals surface area contributed by atoms with E-state index in [-0.39, 0.29) is 17.4 Å². The molecule has 0 aliphatic rings. The molecule has 12 heteroatoms. The summed E-state index contributed by atoms with van der Waals surface area (Å²) in [4.78, 5) is 53.3. The highest BCUT2D eigenvalue weighted by atomic mass is 32.2. The molecule has 0 atom stereocenters. The van der Waals surface area contributed by atoms with Crippen LogP contribution in [0.5, 0.6) is 11.5 Å². The Morgan fingerprint density at radius 2 is 1.59 bits per heavy atom. The predicted octanol–water partition coefficient (Wildman–Crippen LogP) is 7.67. The molecule has 0 radical (unpaired) electrons. The van der Waals surface area contributed by atoms with Crippen LogP contribution in [0.4, 0.5) is 10.7 Å². The molecule has 0 unspecified atom stereocenters.